The maximum absolute atomic E-state index is 4.10. The lowest BCUT2D eigenvalue weighted by molar-refractivity contribution is 0.505. The number of hydrogen-bond acceptors (Lipinski definition) is 5. The minimum atomic E-state index is 0.170. The highest BCUT2D eigenvalue weighted by atomic mass is 79.9. The van der Waals surface area contributed by atoms with Crippen molar-refractivity contribution in [3.63, 3.8) is 0 Å². The summed E-state index contributed by atoms with van der Waals surface area (Å²) in [6.45, 7) is 5.92. The van der Waals surface area contributed by atoms with E-state index in [2.05, 4.69) is 56.7 Å². The number of nitrogens with one attached hydrogen (secondary N) is 1. The molecule has 0 saturated heterocycles. The molecule has 1 unspecified atom stereocenters. The molecule has 98 valence electrons. The van der Waals surface area contributed by atoms with Crippen LogP contribution in [-0.4, -0.2) is 26.8 Å². The second kappa shape index (κ2) is 6.40. The molecule has 0 aromatic carbocycles. The molecule has 2 heterocycles. The van der Waals surface area contributed by atoms with Gasteiger partial charge >= 0.3 is 0 Å². The fourth-order valence-electron chi connectivity index (χ4n) is 1.67. The van der Waals surface area contributed by atoms with E-state index in [1.807, 2.05) is 10.7 Å². The molecular formula is C11H16BrN5S. The number of tetrazole rings is 1. The van der Waals surface area contributed by atoms with Crippen molar-refractivity contribution in [3.05, 3.63) is 26.6 Å². The van der Waals surface area contributed by atoms with Gasteiger partial charge in [-0.3, -0.25) is 0 Å². The van der Waals surface area contributed by atoms with Crippen molar-refractivity contribution in [2.45, 2.75) is 32.9 Å². The molecule has 0 aliphatic rings. The van der Waals surface area contributed by atoms with Gasteiger partial charge < -0.3 is 5.32 Å². The topological polar surface area (TPSA) is 55.6 Å². The highest BCUT2D eigenvalue weighted by Crippen LogP contribution is 2.23. The van der Waals surface area contributed by atoms with E-state index in [1.165, 1.54) is 4.88 Å². The van der Waals surface area contributed by atoms with E-state index >= 15 is 0 Å². The predicted molar refractivity (Wildman–Crippen MR) is 75.6 cm³/mol. The molecule has 0 amide bonds. The van der Waals surface area contributed by atoms with Crippen molar-refractivity contribution in [3.8, 4) is 0 Å². The number of hydrogen-bond donors (Lipinski definition) is 1. The molecule has 1 N–H and O–H groups in total. The summed E-state index contributed by atoms with van der Waals surface area (Å²) in [5, 5.41) is 15.3. The Morgan fingerprint density at radius 1 is 1.50 bits per heavy atom. The number of halogens is 1. The average Bonchev–Trinajstić information content (AvgIpc) is 2.96. The zero-order valence-electron chi connectivity index (χ0n) is 10.4. The molecule has 0 radical (unpaired) electrons. The largest absolute Gasteiger partial charge is 0.307 e. The predicted octanol–water partition coefficient (Wildman–Crippen LogP) is 2.61. The van der Waals surface area contributed by atoms with Gasteiger partial charge in [0, 0.05) is 4.88 Å². The van der Waals surface area contributed by atoms with Gasteiger partial charge in [-0.15, -0.1) is 16.4 Å². The van der Waals surface area contributed by atoms with Gasteiger partial charge in [0.25, 0.3) is 0 Å². The normalized spacial score (nSPS) is 12.8. The van der Waals surface area contributed by atoms with Crippen LogP contribution in [0.1, 0.15) is 37.0 Å². The summed E-state index contributed by atoms with van der Waals surface area (Å²) < 4.78 is 2.98. The van der Waals surface area contributed by atoms with Gasteiger partial charge in [-0.1, -0.05) is 6.92 Å². The maximum Gasteiger partial charge on any atom is 0.168 e. The molecule has 5 nitrogen and oxygen atoms in total. The summed E-state index contributed by atoms with van der Waals surface area (Å²) >= 11 is 5.17. The second-order valence-electron chi connectivity index (χ2n) is 4.08. The van der Waals surface area contributed by atoms with Crippen molar-refractivity contribution < 1.29 is 0 Å². The van der Waals surface area contributed by atoms with Crippen LogP contribution in [0, 0.1) is 0 Å². The summed E-state index contributed by atoms with van der Waals surface area (Å²) in [6.07, 6.45) is 1.10. The minimum absolute atomic E-state index is 0.170. The van der Waals surface area contributed by atoms with Crippen LogP contribution in [0.5, 0.6) is 0 Å². The monoisotopic (exact) mass is 329 g/mol. The Morgan fingerprint density at radius 3 is 3.00 bits per heavy atom. The van der Waals surface area contributed by atoms with Crippen LogP contribution in [0.4, 0.5) is 0 Å². The Bertz CT molecular complexity index is 495. The van der Waals surface area contributed by atoms with Gasteiger partial charge in [-0.25, -0.2) is 4.68 Å². The fraction of sp³-hybridized carbons (Fsp3) is 0.545. The Kier molecular flexibility index (Phi) is 4.85. The lowest BCUT2D eigenvalue weighted by Gasteiger charge is -2.12. The van der Waals surface area contributed by atoms with Crippen LogP contribution in [0.2, 0.25) is 0 Å². The minimum Gasteiger partial charge on any atom is -0.307 e. The van der Waals surface area contributed by atoms with Crippen molar-refractivity contribution in [1.29, 1.82) is 0 Å². The van der Waals surface area contributed by atoms with Crippen LogP contribution in [0.3, 0.4) is 0 Å². The van der Waals surface area contributed by atoms with E-state index in [9.17, 15) is 0 Å². The van der Waals surface area contributed by atoms with E-state index in [0.29, 0.717) is 0 Å². The summed E-state index contributed by atoms with van der Waals surface area (Å²) in [6, 6.07) is 4.30. The summed E-state index contributed by atoms with van der Waals surface area (Å²) in [4.78, 5) is 1.23. The SMILES string of the molecule is CCCNC(C)c1nnnn1Cc1ccc(Br)s1. The van der Waals surface area contributed by atoms with E-state index in [-0.39, 0.29) is 6.04 Å². The average molecular weight is 330 g/mol. The molecule has 0 aliphatic heterocycles. The molecular weight excluding hydrogens is 314 g/mol. The van der Waals surface area contributed by atoms with E-state index in [0.717, 1.165) is 29.1 Å². The lowest BCUT2D eigenvalue weighted by atomic mass is 10.3. The van der Waals surface area contributed by atoms with Crippen molar-refractivity contribution in [2.75, 3.05) is 6.54 Å². The molecule has 1 atom stereocenters. The first-order chi connectivity index (χ1) is 8.70. The van der Waals surface area contributed by atoms with Crippen molar-refractivity contribution >= 4 is 27.3 Å². The summed E-state index contributed by atoms with van der Waals surface area (Å²) in [5.41, 5.74) is 0. The van der Waals surface area contributed by atoms with Gasteiger partial charge in [-0.05, 0) is 58.4 Å². The standard InChI is InChI=1S/C11H16BrN5S/c1-3-6-13-8(2)11-14-15-16-17(11)7-9-4-5-10(12)18-9/h4-5,8,13H,3,6-7H2,1-2H3. The summed E-state index contributed by atoms with van der Waals surface area (Å²) in [5.74, 6) is 0.882. The molecule has 18 heavy (non-hydrogen) atoms. The second-order valence-corrected chi connectivity index (χ2v) is 6.62. The molecule has 0 fully saturated rings. The third kappa shape index (κ3) is 3.37. The quantitative estimate of drug-likeness (QED) is 0.885. The first-order valence-electron chi connectivity index (χ1n) is 5.94. The van der Waals surface area contributed by atoms with Crippen LogP contribution < -0.4 is 5.32 Å². The molecule has 2 aromatic rings. The number of thiophene rings is 1. The first kappa shape index (κ1) is 13.6. The highest BCUT2D eigenvalue weighted by molar-refractivity contribution is 9.11. The maximum atomic E-state index is 4.10. The van der Waals surface area contributed by atoms with Crippen molar-refractivity contribution in [2.24, 2.45) is 0 Å². The number of rotatable bonds is 6. The molecule has 0 saturated carbocycles. The van der Waals surface area contributed by atoms with Crippen LogP contribution in [-0.2, 0) is 6.54 Å². The van der Waals surface area contributed by atoms with Gasteiger partial charge in [0.1, 0.15) is 0 Å². The van der Waals surface area contributed by atoms with E-state index < -0.39 is 0 Å². The Balaban J connectivity index is 2.07. The molecule has 0 aliphatic carbocycles. The van der Waals surface area contributed by atoms with Crippen LogP contribution in [0.25, 0.3) is 0 Å². The fourth-order valence-corrected chi connectivity index (χ4v) is 3.14. The molecule has 7 heteroatoms. The number of nitrogens with zero attached hydrogens (tertiary/aromatic N) is 4. The van der Waals surface area contributed by atoms with Gasteiger partial charge in [-0.2, -0.15) is 0 Å². The lowest BCUT2D eigenvalue weighted by Crippen LogP contribution is -2.23. The molecule has 0 spiro atoms. The van der Waals surface area contributed by atoms with Crippen LogP contribution in [0.15, 0.2) is 15.9 Å². The third-order valence-corrected chi connectivity index (χ3v) is 4.19. The van der Waals surface area contributed by atoms with Gasteiger partial charge in [0.05, 0.1) is 16.4 Å². The van der Waals surface area contributed by atoms with E-state index in [1.54, 1.807) is 11.3 Å². The first-order valence-corrected chi connectivity index (χ1v) is 7.55. The Hall–Kier alpha value is -0.790. The zero-order chi connectivity index (χ0) is 13.0. The Morgan fingerprint density at radius 2 is 2.33 bits per heavy atom. The third-order valence-electron chi connectivity index (χ3n) is 2.58. The van der Waals surface area contributed by atoms with Crippen molar-refractivity contribution in [1.82, 2.24) is 25.5 Å². The summed E-state index contributed by atoms with van der Waals surface area (Å²) in [7, 11) is 0. The van der Waals surface area contributed by atoms with Gasteiger partial charge in [0.2, 0.25) is 0 Å². The van der Waals surface area contributed by atoms with Gasteiger partial charge in [0.15, 0.2) is 5.82 Å². The van der Waals surface area contributed by atoms with E-state index in [4.69, 9.17) is 0 Å². The highest BCUT2D eigenvalue weighted by Gasteiger charge is 2.14. The molecule has 0 bridgehead atoms. The molecule has 2 aromatic heterocycles. The number of aromatic nitrogens is 4. The smallest absolute Gasteiger partial charge is 0.168 e. The molecule has 2 rings (SSSR count). The Labute approximate surface area is 119 Å². The zero-order valence-corrected chi connectivity index (χ0v) is 12.8. The van der Waals surface area contributed by atoms with Crippen LogP contribution >= 0.6 is 27.3 Å².